The molecule has 0 aliphatic carbocycles. The number of non-ortho nitro benzene ring substituents is 1. The van der Waals surface area contributed by atoms with E-state index in [1.165, 1.54) is 7.11 Å². The lowest BCUT2D eigenvalue weighted by molar-refractivity contribution is -0.384. The van der Waals surface area contributed by atoms with Gasteiger partial charge in [0.2, 0.25) is 10.0 Å². The number of carbonyl (C=O) groups is 1. The maximum absolute atomic E-state index is 11.7. The molecule has 10 heteroatoms. The Bertz CT molecular complexity index is 626. The number of carboxylic acids is 1. The highest BCUT2D eigenvalue weighted by atomic mass is 32.2. The number of anilines is 1. The number of benzene rings is 1. The van der Waals surface area contributed by atoms with E-state index < -0.39 is 32.4 Å². The summed E-state index contributed by atoms with van der Waals surface area (Å²) in [7, 11) is -2.55. The molecule has 0 heterocycles. The summed E-state index contributed by atoms with van der Waals surface area (Å²) in [5.74, 6) is -1.80. The number of hydrogen-bond acceptors (Lipinski definition) is 6. The van der Waals surface area contributed by atoms with Crippen LogP contribution in [0.25, 0.3) is 0 Å². The van der Waals surface area contributed by atoms with Crippen molar-refractivity contribution in [3.63, 3.8) is 0 Å². The van der Waals surface area contributed by atoms with Crippen molar-refractivity contribution in [1.82, 2.24) is 0 Å². The van der Waals surface area contributed by atoms with E-state index in [1.807, 2.05) is 4.72 Å². The predicted octanol–water partition coefficient (Wildman–Crippen LogP) is 0.681. The van der Waals surface area contributed by atoms with Gasteiger partial charge in [-0.3, -0.25) is 14.8 Å². The summed E-state index contributed by atoms with van der Waals surface area (Å²) >= 11 is 0. The summed E-state index contributed by atoms with van der Waals surface area (Å²) < 4.78 is 29.9. The van der Waals surface area contributed by atoms with Crippen LogP contribution in [0.3, 0.4) is 0 Å². The maximum atomic E-state index is 11.7. The minimum absolute atomic E-state index is 0.0906. The molecule has 9 nitrogen and oxygen atoms in total. The molecule has 1 aromatic carbocycles. The molecule has 110 valence electrons. The number of sulfonamides is 1. The number of nitrogens with one attached hydrogen (secondary N) is 1. The molecule has 0 amide bonds. The normalized spacial score (nSPS) is 11.1. The number of ether oxygens (including phenoxy) is 1. The second kappa shape index (κ2) is 6.30. The fourth-order valence-electron chi connectivity index (χ4n) is 1.33. The molecule has 20 heavy (non-hydrogen) atoms. The van der Waals surface area contributed by atoms with Crippen molar-refractivity contribution in [3.05, 3.63) is 33.9 Å². The molecular weight excluding hydrogens is 292 g/mol. The van der Waals surface area contributed by atoms with E-state index in [1.54, 1.807) is 0 Å². The first-order valence-corrected chi connectivity index (χ1v) is 6.93. The molecule has 0 aromatic heterocycles. The first-order valence-electron chi connectivity index (χ1n) is 5.28. The van der Waals surface area contributed by atoms with E-state index in [0.717, 1.165) is 18.2 Å². The summed E-state index contributed by atoms with van der Waals surface area (Å²) in [6.07, 6.45) is 0. The number of nitro groups is 1. The average molecular weight is 304 g/mol. The molecule has 0 unspecified atom stereocenters. The Morgan fingerprint density at radius 1 is 1.50 bits per heavy atom. The van der Waals surface area contributed by atoms with Crippen LogP contribution in [0.1, 0.15) is 10.4 Å². The van der Waals surface area contributed by atoms with Crippen LogP contribution < -0.4 is 4.72 Å². The lowest BCUT2D eigenvalue weighted by atomic mass is 10.1. The first kappa shape index (κ1) is 15.9. The van der Waals surface area contributed by atoms with Gasteiger partial charge < -0.3 is 9.84 Å². The molecule has 1 aromatic rings. The molecular formula is C10H12N2O7S. The summed E-state index contributed by atoms with van der Waals surface area (Å²) in [5.41, 5.74) is -1.15. The van der Waals surface area contributed by atoms with Crippen molar-refractivity contribution >= 4 is 27.4 Å². The van der Waals surface area contributed by atoms with Crippen molar-refractivity contribution in [2.75, 3.05) is 24.2 Å². The van der Waals surface area contributed by atoms with E-state index in [4.69, 9.17) is 5.11 Å². The molecule has 1 rings (SSSR count). The van der Waals surface area contributed by atoms with E-state index >= 15 is 0 Å². The monoisotopic (exact) mass is 304 g/mol. The minimum atomic E-state index is -3.86. The second-order valence-corrected chi connectivity index (χ2v) is 5.55. The SMILES string of the molecule is COCCS(=O)(=O)Nc1cc([N+](=O)[O-])ccc1C(=O)O. The molecule has 0 radical (unpaired) electrons. The molecule has 0 bridgehead atoms. The number of methoxy groups -OCH3 is 1. The Balaban J connectivity index is 3.17. The summed E-state index contributed by atoms with van der Waals surface area (Å²) in [6.45, 7) is -0.0906. The zero-order chi connectivity index (χ0) is 15.3. The Morgan fingerprint density at radius 3 is 2.65 bits per heavy atom. The second-order valence-electron chi connectivity index (χ2n) is 3.71. The third-order valence-corrected chi connectivity index (χ3v) is 3.50. The summed E-state index contributed by atoms with van der Waals surface area (Å²) in [4.78, 5) is 20.9. The van der Waals surface area contributed by atoms with Crippen LogP contribution in [0, 0.1) is 10.1 Å². The van der Waals surface area contributed by atoms with Crippen molar-refractivity contribution in [3.8, 4) is 0 Å². The van der Waals surface area contributed by atoms with Gasteiger partial charge in [0.1, 0.15) is 0 Å². The molecule has 0 aliphatic rings. The number of hydrogen-bond donors (Lipinski definition) is 2. The Kier molecular flexibility index (Phi) is 5.00. The van der Waals surface area contributed by atoms with Crippen LogP contribution in [0.4, 0.5) is 11.4 Å². The molecule has 0 fully saturated rings. The van der Waals surface area contributed by atoms with E-state index in [2.05, 4.69) is 4.74 Å². The average Bonchev–Trinajstić information content (AvgIpc) is 2.35. The van der Waals surface area contributed by atoms with Crippen molar-refractivity contribution in [2.24, 2.45) is 0 Å². The van der Waals surface area contributed by atoms with Crippen molar-refractivity contribution < 1.29 is 28.0 Å². The first-order chi connectivity index (χ1) is 9.26. The number of rotatable bonds is 7. The Labute approximate surface area is 114 Å². The smallest absolute Gasteiger partial charge is 0.337 e. The highest BCUT2D eigenvalue weighted by Crippen LogP contribution is 2.23. The fraction of sp³-hybridized carbons (Fsp3) is 0.300. The Morgan fingerprint density at radius 2 is 2.15 bits per heavy atom. The van der Waals surface area contributed by atoms with Crippen LogP contribution in [-0.2, 0) is 14.8 Å². The van der Waals surface area contributed by atoms with Crippen LogP contribution in [0.5, 0.6) is 0 Å². The number of nitrogens with zero attached hydrogens (tertiary/aromatic N) is 1. The molecule has 2 N–H and O–H groups in total. The quantitative estimate of drug-likeness (QED) is 0.558. The van der Waals surface area contributed by atoms with Gasteiger partial charge in [-0.1, -0.05) is 0 Å². The van der Waals surface area contributed by atoms with Gasteiger partial charge >= 0.3 is 5.97 Å². The van der Waals surface area contributed by atoms with Gasteiger partial charge in [-0.05, 0) is 6.07 Å². The third-order valence-electron chi connectivity index (χ3n) is 2.27. The Hall–Kier alpha value is -2.20. The van der Waals surface area contributed by atoms with Crippen LogP contribution in [0.15, 0.2) is 18.2 Å². The van der Waals surface area contributed by atoms with Gasteiger partial charge in [0.15, 0.2) is 0 Å². The van der Waals surface area contributed by atoms with Crippen LogP contribution in [0.2, 0.25) is 0 Å². The van der Waals surface area contributed by atoms with Gasteiger partial charge in [0.25, 0.3) is 5.69 Å². The van der Waals surface area contributed by atoms with Crippen molar-refractivity contribution in [1.29, 1.82) is 0 Å². The van der Waals surface area contributed by atoms with Gasteiger partial charge in [-0.2, -0.15) is 0 Å². The molecule has 0 saturated carbocycles. The largest absolute Gasteiger partial charge is 0.478 e. The van der Waals surface area contributed by atoms with Gasteiger partial charge in [0.05, 0.1) is 28.5 Å². The molecule has 0 atom stereocenters. The lowest BCUT2D eigenvalue weighted by Crippen LogP contribution is -2.21. The predicted molar refractivity (Wildman–Crippen MR) is 69.3 cm³/mol. The van der Waals surface area contributed by atoms with E-state index in [9.17, 15) is 23.3 Å². The van der Waals surface area contributed by atoms with Gasteiger partial charge in [-0.15, -0.1) is 0 Å². The molecule has 0 spiro atoms. The number of nitro benzene ring substituents is 1. The lowest BCUT2D eigenvalue weighted by Gasteiger charge is -2.10. The topological polar surface area (TPSA) is 136 Å². The summed E-state index contributed by atoms with van der Waals surface area (Å²) in [6, 6.07) is 2.80. The number of aromatic carboxylic acids is 1. The van der Waals surface area contributed by atoms with Crippen molar-refractivity contribution in [2.45, 2.75) is 0 Å². The van der Waals surface area contributed by atoms with E-state index in [-0.39, 0.29) is 17.9 Å². The summed E-state index contributed by atoms with van der Waals surface area (Å²) in [5, 5.41) is 19.6. The molecule has 0 aliphatic heterocycles. The highest BCUT2D eigenvalue weighted by Gasteiger charge is 2.19. The number of carboxylic acid groups (broad SMARTS) is 1. The molecule has 0 saturated heterocycles. The van der Waals surface area contributed by atoms with E-state index in [0.29, 0.717) is 0 Å². The third kappa shape index (κ3) is 4.17. The van der Waals surface area contributed by atoms with Gasteiger partial charge in [0, 0.05) is 19.2 Å². The fourth-order valence-corrected chi connectivity index (χ4v) is 2.32. The minimum Gasteiger partial charge on any atom is -0.478 e. The van der Waals surface area contributed by atoms with Crippen LogP contribution in [-0.4, -0.2) is 43.9 Å². The zero-order valence-corrected chi connectivity index (χ0v) is 11.2. The highest BCUT2D eigenvalue weighted by molar-refractivity contribution is 7.92. The zero-order valence-electron chi connectivity index (χ0n) is 10.4. The standard InChI is InChI=1S/C10H12N2O7S/c1-19-4-5-20(17,18)11-9-6-7(12(15)16)2-3-8(9)10(13)14/h2-3,6,11H,4-5H2,1H3,(H,13,14). The van der Waals surface area contributed by atoms with Gasteiger partial charge in [-0.25, -0.2) is 13.2 Å². The van der Waals surface area contributed by atoms with Crippen LogP contribution >= 0.6 is 0 Å². The maximum Gasteiger partial charge on any atom is 0.337 e.